The number of hydrogen-bond acceptors (Lipinski definition) is 4. The van der Waals surface area contributed by atoms with Crippen LogP contribution < -0.4 is 10.6 Å². The largest absolute Gasteiger partial charge is 0.478 e. The standard InChI is InChI=1S/C14H18ClN3O3/c15-11-3-2-10(14(20)21)8-12(11)17-13(19)9-18-6-1-4-16-5-7-18/h2-3,8,16H,1,4-7,9H2,(H,17,19)(H,20,21). The molecule has 1 amide bonds. The van der Waals surface area contributed by atoms with E-state index in [9.17, 15) is 9.59 Å². The van der Waals surface area contributed by atoms with Gasteiger partial charge in [0.25, 0.3) is 0 Å². The van der Waals surface area contributed by atoms with Crippen molar-refractivity contribution in [1.82, 2.24) is 10.2 Å². The molecule has 3 N–H and O–H groups in total. The van der Waals surface area contributed by atoms with Crippen LogP contribution in [-0.2, 0) is 4.79 Å². The lowest BCUT2D eigenvalue weighted by Crippen LogP contribution is -2.35. The number of nitrogens with one attached hydrogen (secondary N) is 2. The van der Waals surface area contributed by atoms with Gasteiger partial charge in [-0.3, -0.25) is 9.69 Å². The van der Waals surface area contributed by atoms with E-state index in [-0.39, 0.29) is 18.0 Å². The minimum Gasteiger partial charge on any atom is -0.478 e. The van der Waals surface area contributed by atoms with E-state index in [1.807, 2.05) is 0 Å². The van der Waals surface area contributed by atoms with Gasteiger partial charge in [0, 0.05) is 13.1 Å². The number of benzene rings is 1. The molecule has 7 heteroatoms. The predicted octanol–water partition coefficient (Wildman–Crippen LogP) is 1.27. The maximum atomic E-state index is 12.0. The van der Waals surface area contributed by atoms with Crippen molar-refractivity contribution in [2.75, 3.05) is 38.0 Å². The van der Waals surface area contributed by atoms with E-state index in [0.29, 0.717) is 10.7 Å². The first-order valence-corrected chi connectivity index (χ1v) is 7.20. The highest BCUT2D eigenvalue weighted by Crippen LogP contribution is 2.23. The molecule has 0 spiro atoms. The number of aromatic carboxylic acids is 1. The highest BCUT2D eigenvalue weighted by atomic mass is 35.5. The topological polar surface area (TPSA) is 81.7 Å². The maximum Gasteiger partial charge on any atom is 0.335 e. The summed E-state index contributed by atoms with van der Waals surface area (Å²) < 4.78 is 0. The van der Waals surface area contributed by atoms with E-state index >= 15 is 0 Å². The highest BCUT2D eigenvalue weighted by Gasteiger charge is 2.14. The molecule has 0 bridgehead atoms. The monoisotopic (exact) mass is 311 g/mol. The molecule has 1 fully saturated rings. The Morgan fingerprint density at radius 1 is 1.33 bits per heavy atom. The summed E-state index contributed by atoms with van der Waals surface area (Å²) in [5, 5.41) is 15.2. The number of carboxylic acid groups (broad SMARTS) is 1. The van der Waals surface area contributed by atoms with E-state index in [2.05, 4.69) is 15.5 Å². The summed E-state index contributed by atoms with van der Waals surface area (Å²) >= 11 is 5.98. The minimum absolute atomic E-state index is 0.0914. The minimum atomic E-state index is -1.05. The fourth-order valence-corrected chi connectivity index (χ4v) is 2.37. The van der Waals surface area contributed by atoms with E-state index in [1.165, 1.54) is 18.2 Å². The summed E-state index contributed by atoms with van der Waals surface area (Å²) in [7, 11) is 0. The van der Waals surface area contributed by atoms with Gasteiger partial charge >= 0.3 is 5.97 Å². The van der Waals surface area contributed by atoms with Crippen molar-refractivity contribution in [3.63, 3.8) is 0 Å². The Hall–Kier alpha value is -1.63. The van der Waals surface area contributed by atoms with Crippen LogP contribution in [0.2, 0.25) is 5.02 Å². The summed E-state index contributed by atoms with van der Waals surface area (Å²) in [6.45, 7) is 3.78. The third-order valence-corrected chi connectivity index (χ3v) is 3.62. The average molecular weight is 312 g/mol. The fraction of sp³-hybridized carbons (Fsp3) is 0.429. The molecule has 114 valence electrons. The quantitative estimate of drug-likeness (QED) is 0.780. The van der Waals surface area contributed by atoms with Gasteiger partial charge in [-0.05, 0) is 37.7 Å². The molecule has 0 saturated carbocycles. The molecular weight excluding hydrogens is 294 g/mol. The van der Waals surface area contributed by atoms with E-state index < -0.39 is 5.97 Å². The van der Waals surface area contributed by atoms with Crippen LogP contribution in [0.25, 0.3) is 0 Å². The molecule has 0 radical (unpaired) electrons. The van der Waals surface area contributed by atoms with Crippen LogP contribution >= 0.6 is 11.6 Å². The normalized spacial score (nSPS) is 16.2. The Morgan fingerprint density at radius 3 is 2.90 bits per heavy atom. The number of amides is 1. The van der Waals surface area contributed by atoms with Gasteiger partial charge in [0.05, 0.1) is 22.8 Å². The van der Waals surface area contributed by atoms with Crippen molar-refractivity contribution in [1.29, 1.82) is 0 Å². The Bertz CT molecular complexity index is 528. The molecule has 0 aromatic heterocycles. The molecule has 1 heterocycles. The van der Waals surface area contributed by atoms with Gasteiger partial charge in [0.15, 0.2) is 0 Å². The first kappa shape index (κ1) is 15.8. The van der Waals surface area contributed by atoms with Gasteiger partial charge in [0.2, 0.25) is 5.91 Å². The Balaban J connectivity index is 1.98. The number of rotatable bonds is 4. The lowest BCUT2D eigenvalue weighted by atomic mass is 10.2. The first-order chi connectivity index (χ1) is 10.1. The van der Waals surface area contributed by atoms with Gasteiger partial charge in [-0.25, -0.2) is 4.79 Å². The first-order valence-electron chi connectivity index (χ1n) is 6.82. The molecule has 0 unspecified atom stereocenters. The zero-order chi connectivity index (χ0) is 15.2. The van der Waals surface area contributed by atoms with Gasteiger partial charge in [0.1, 0.15) is 0 Å². The molecule has 21 heavy (non-hydrogen) atoms. The molecule has 2 rings (SSSR count). The third-order valence-electron chi connectivity index (χ3n) is 3.29. The predicted molar refractivity (Wildman–Crippen MR) is 81.0 cm³/mol. The molecule has 1 aromatic carbocycles. The smallest absolute Gasteiger partial charge is 0.335 e. The average Bonchev–Trinajstić information content (AvgIpc) is 2.69. The van der Waals surface area contributed by atoms with Gasteiger partial charge in [-0.2, -0.15) is 0 Å². The number of nitrogens with zero attached hydrogens (tertiary/aromatic N) is 1. The summed E-state index contributed by atoms with van der Waals surface area (Å²) in [6.07, 6.45) is 1.00. The Labute approximate surface area is 128 Å². The number of anilines is 1. The number of carbonyl (C=O) groups is 2. The molecule has 1 saturated heterocycles. The summed E-state index contributed by atoms with van der Waals surface area (Å²) in [5.74, 6) is -1.25. The van der Waals surface area contributed by atoms with Crippen LogP contribution in [-0.4, -0.2) is 54.6 Å². The number of halogens is 1. The van der Waals surface area contributed by atoms with E-state index in [4.69, 9.17) is 16.7 Å². The highest BCUT2D eigenvalue weighted by molar-refractivity contribution is 6.33. The maximum absolute atomic E-state index is 12.0. The lowest BCUT2D eigenvalue weighted by molar-refractivity contribution is -0.117. The fourth-order valence-electron chi connectivity index (χ4n) is 2.21. The summed E-state index contributed by atoms with van der Waals surface area (Å²) in [6, 6.07) is 4.24. The van der Waals surface area contributed by atoms with Crippen LogP contribution in [0.5, 0.6) is 0 Å². The van der Waals surface area contributed by atoms with Crippen molar-refractivity contribution in [2.45, 2.75) is 6.42 Å². The molecule has 1 aliphatic rings. The molecule has 1 aliphatic heterocycles. The number of carbonyl (C=O) groups excluding carboxylic acids is 1. The molecule has 0 aliphatic carbocycles. The molecule has 6 nitrogen and oxygen atoms in total. The van der Waals surface area contributed by atoms with Crippen molar-refractivity contribution in [3.05, 3.63) is 28.8 Å². The van der Waals surface area contributed by atoms with Crippen LogP contribution in [0.15, 0.2) is 18.2 Å². The molecule has 1 aromatic rings. The number of hydrogen-bond donors (Lipinski definition) is 3. The van der Waals surface area contributed by atoms with Crippen LogP contribution in [0, 0.1) is 0 Å². The van der Waals surface area contributed by atoms with Crippen molar-refractivity contribution in [2.24, 2.45) is 0 Å². The van der Waals surface area contributed by atoms with Crippen LogP contribution in [0.3, 0.4) is 0 Å². The third kappa shape index (κ3) is 4.70. The Kier molecular flexibility index (Phi) is 5.55. The summed E-state index contributed by atoms with van der Waals surface area (Å²) in [4.78, 5) is 25.0. The van der Waals surface area contributed by atoms with Gasteiger partial charge in [-0.15, -0.1) is 0 Å². The zero-order valence-corrected chi connectivity index (χ0v) is 12.3. The second-order valence-electron chi connectivity index (χ2n) is 4.93. The molecule has 0 atom stereocenters. The van der Waals surface area contributed by atoms with E-state index in [0.717, 1.165) is 32.6 Å². The van der Waals surface area contributed by atoms with Crippen LogP contribution in [0.4, 0.5) is 5.69 Å². The van der Waals surface area contributed by atoms with Crippen molar-refractivity contribution >= 4 is 29.2 Å². The summed E-state index contributed by atoms with van der Waals surface area (Å²) in [5.41, 5.74) is 0.420. The van der Waals surface area contributed by atoms with Crippen molar-refractivity contribution < 1.29 is 14.7 Å². The van der Waals surface area contributed by atoms with Crippen LogP contribution in [0.1, 0.15) is 16.8 Å². The Morgan fingerprint density at radius 2 is 2.14 bits per heavy atom. The van der Waals surface area contributed by atoms with E-state index in [1.54, 1.807) is 0 Å². The van der Waals surface area contributed by atoms with Gasteiger partial charge in [-0.1, -0.05) is 11.6 Å². The second-order valence-corrected chi connectivity index (χ2v) is 5.33. The number of carboxylic acids is 1. The molecular formula is C14H18ClN3O3. The second kappa shape index (κ2) is 7.40. The van der Waals surface area contributed by atoms with Crippen molar-refractivity contribution in [3.8, 4) is 0 Å². The zero-order valence-electron chi connectivity index (χ0n) is 11.6. The SMILES string of the molecule is O=C(CN1CCCNCC1)Nc1cc(C(=O)O)ccc1Cl. The van der Waals surface area contributed by atoms with Gasteiger partial charge < -0.3 is 15.7 Å². The lowest BCUT2D eigenvalue weighted by Gasteiger charge is -2.19.